The molecule has 1 aromatic heterocycles. The summed E-state index contributed by atoms with van der Waals surface area (Å²) in [5, 5.41) is 3.72. The van der Waals surface area contributed by atoms with Crippen LogP contribution in [0.5, 0.6) is 0 Å². The summed E-state index contributed by atoms with van der Waals surface area (Å²) in [5.41, 5.74) is 2.87. The summed E-state index contributed by atoms with van der Waals surface area (Å²) in [7, 11) is 0. The molecule has 0 bridgehead atoms. The predicted octanol–water partition coefficient (Wildman–Crippen LogP) is 3.89. The van der Waals surface area contributed by atoms with Gasteiger partial charge in [-0.25, -0.2) is 9.37 Å². The summed E-state index contributed by atoms with van der Waals surface area (Å²) in [5.74, 6) is 0.557. The smallest absolute Gasteiger partial charge is 0.220 e. The van der Waals surface area contributed by atoms with Gasteiger partial charge in [-0.05, 0) is 36.2 Å². The summed E-state index contributed by atoms with van der Waals surface area (Å²) in [6.45, 7) is 0.426. The maximum atomic E-state index is 12.8. The summed E-state index contributed by atoms with van der Waals surface area (Å²) >= 11 is 1.62. The van der Waals surface area contributed by atoms with Crippen LogP contribution in [0.3, 0.4) is 0 Å². The number of halogens is 1. The molecule has 124 valence electrons. The van der Waals surface area contributed by atoms with Gasteiger partial charge in [0.15, 0.2) is 5.16 Å². The minimum absolute atomic E-state index is 0.00420. The highest BCUT2D eigenvalue weighted by Gasteiger charge is 2.05. The molecule has 0 unspecified atom stereocenters. The van der Waals surface area contributed by atoms with Crippen LogP contribution in [0, 0.1) is 5.82 Å². The van der Waals surface area contributed by atoms with E-state index in [4.69, 9.17) is 0 Å². The summed E-state index contributed by atoms with van der Waals surface area (Å²) in [6.07, 6.45) is 1.24. The Morgan fingerprint density at radius 1 is 1.17 bits per heavy atom. The largest absolute Gasteiger partial charge is 0.352 e. The van der Waals surface area contributed by atoms with Crippen LogP contribution in [0.1, 0.15) is 18.4 Å². The molecule has 3 aromatic rings. The van der Waals surface area contributed by atoms with Crippen molar-refractivity contribution in [3.05, 3.63) is 59.9 Å². The monoisotopic (exact) mass is 343 g/mol. The number of thioether (sulfide) groups is 1. The lowest BCUT2D eigenvalue weighted by atomic mass is 10.2. The van der Waals surface area contributed by atoms with Crippen molar-refractivity contribution in [2.24, 2.45) is 0 Å². The Morgan fingerprint density at radius 2 is 1.96 bits per heavy atom. The van der Waals surface area contributed by atoms with Crippen LogP contribution in [-0.4, -0.2) is 21.6 Å². The standard InChI is InChI=1S/C18H18FN3OS/c19-14-9-7-13(8-10-14)12-20-17(23)6-3-11-24-18-21-15-4-1-2-5-16(15)22-18/h1-2,4-5,7-10H,3,6,11-12H2,(H,20,23)(H,21,22). The Labute approximate surface area is 143 Å². The first-order valence-electron chi connectivity index (χ1n) is 7.79. The SMILES string of the molecule is O=C(CCCSc1nc2ccccc2[nH]1)NCc1ccc(F)cc1. The van der Waals surface area contributed by atoms with Crippen molar-refractivity contribution < 1.29 is 9.18 Å². The zero-order valence-electron chi connectivity index (χ0n) is 13.1. The lowest BCUT2D eigenvalue weighted by Crippen LogP contribution is -2.22. The second-order valence-electron chi connectivity index (χ2n) is 5.41. The molecule has 1 amide bonds. The number of imidazole rings is 1. The first-order chi connectivity index (χ1) is 11.7. The van der Waals surface area contributed by atoms with E-state index in [1.165, 1.54) is 12.1 Å². The van der Waals surface area contributed by atoms with E-state index in [1.54, 1.807) is 23.9 Å². The quantitative estimate of drug-likeness (QED) is 0.505. The number of benzene rings is 2. The third-order valence-electron chi connectivity index (χ3n) is 3.56. The van der Waals surface area contributed by atoms with Crippen LogP contribution in [0.4, 0.5) is 4.39 Å². The number of aromatic amines is 1. The Kier molecular flexibility index (Phi) is 5.48. The van der Waals surface area contributed by atoms with E-state index in [9.17, 15) is 9.18 Å². The Bertz CT molecular complexity index is 784. The van der Waals surface area contributed by atoms with Crippen molar-refractivity contribution >= 4 is 28.7 Å². The molecule has 0 aliphatic heterocycles. The van der Waals surface area contributed by atoms with Gasteiger partial charge >= 0.3 is 0 Å². The lowest BCUT2D eigenvalue weighted by Gasteiger charge is -2.05. The van der Waals surface area contributed by atoms with Crippen molar-refractivity contribution in [1.29, 1.82) is 0 Å². The maximum Gasteiger partial charge on any atom is 0.220 e. The van der Waals surface area contributed by atoms with Gasteiger partial charge < -0.3 is 10.3 Å². The normalized spacial score (nSPS) is 10.9. The van der Waals surface area contributed by atoms with Gasteiger partial charge in [-0.1, -0.05) is 36.0 Å². The zero-order valence-corrected chi connectivity index (χ0v) is 13.9. The second kappa shape index (κ2) is 7.97. The molecular formula is C18H18FN3OS. The van der Waals surface area contributed by atoms with Gasteiger partial charge in [0.2, 0.25) is 5.91 Å². The molecule has 0 saturated heterocycles. The number of hydrogen-bond donors (Lipinski definition) is 2. The minimum atomic E-state index is -0.271. The van der Waals surface area contributed by atoms with Crippen molar-refractivity contribution in [1.82, 2.24) is 15.3 Å². The van der Waals surface area contributed by atoms with E-state index >= 15 is 0 Å². The van der Waals surface area contributed by atoms with E-state index in [0.717, 1.165) is 33.9 Å². The fraction of sp³-hybridized carbons (Fsp3) is 0.222. The molecule has 4 nitrogen and oxygen atoms in total. The molecule has 2 N–H and O–H groups in total. The first kappa shape index (κ1) is 16.5. The average molecular weight is 343 g/mol. The highest BCUT2D eigenvalue weighted by molar-refractivity contribution is 7.99. The Hall–Kier alpha value is -2.34. The van der Waals surface area contributed by atoms with Crippen LogP contribution in [0.15, 0.2) is 53.7 Å². The van der Waals surface area contributed by atoms with Gasteiger partial charge in [0.25, 0.3) is 0 Å². The van der Waals surface area contributed by atoms with E-state index < -0.39 is 0 Å². The highest BCUT2D eigenvalue weighted by atomic mass is 32.2. The van der Waals surface area contributed by atoms with E-state index in [2.05, 4.69) is 15.3 Å². The fourth-order valence-corrected chi connectivity index (χ4v) is 3.12. The van der Waals surface area contributed by atoms with Gasteiger partial charge in [-0.15, -0.1) is 0 Å². The Morgan fingerprint density at radius 3 is 2.75 bits per heavy atom. The number of carbonyl (C=O) groups is 1. The first-order valence-corrected chi connectivity index (χ1v) is 8.78. The van der Waals surface area contributed by atoms with Crippen LogP contribution in [0.2, 0.25) is 0 Å². The molecule has 0 fully saturated rings. The summed E-state index contributed by atoms with van der Waals surface area (Å²) < 4.78 is 12.8. The highest BCUT2D eigenvalue weighted by Crippen LogP contribution is 2.20. The summed E-state index contributed by atoms with van der Waals surface area (Å²) in [4.78, 5) is 19.6. The lowest BCUT2D eigenvalue weighted by molar-refractivity contribution is -0.121. The van der Waals surface area contributed by atoms with E-state index in [-0.39, 0.29) is 11.7 Å². The molecule has 0 atom stereocenters. The molecular weight excluding hydrogens is 325 g/mol. The van der Waals surface area contributed by atoms with E-state index in [0.29, 0.717) is 13.0 Å². The second-order valence-corrected chi connectivity index (χ2v) is 6.50. The minimum Gasteiger partial charge on any atom is -0.352 e. The number of fused-ring (bicyclic) bond motifs is 1. The van der Waals surface area contributed by atoms with Gasteiger partial charge in [0, 0.05) is 18.7 Å². The third-order valence-corrected chi connectivity index (χ3v) is 4.52. The van der Waals surface area contributed by atoms with Crippen LogP contribution < -0.4 is 5.32 Å². The molecule has 0 aliphatic rings. The van der Waals surface area contributed by atoms with Gasteiger partial charge in [0.1, 0.15) is 5.82 Å². The number of nitrogens with one attached hydrogen (secondary N) is 2. The number of para-hydroxylation sites is 2. The maximum absolute atomic E-state index is 12.8. The van der Waals surface area contributed by atoms with Crippen molar-refractivity contribution in [2.75, 3.05) is 5.75 Å². The molecule has 0 spiro atoms. The molecule has 0 saturated carbocycles. The van der Waals surface area contributed by atoms with Gasteiger partial charge in [0.05, 0.1) is 11.0 Å². The fourth-order valence-electron chi connectivity index (χ4n) is 2.29. The molecule has 24 heavy (non-hydrogen) atoms. The molecule has 1 heterocycles. The number of H-pyrrole nitrogens is 1. The van der Waals surface area contributed by atoms with Crippen molar-refractivity contribution in [3.63, 3.8) is 0 Å². The van der Waals surface area contributed by atoms with Crippen LogP contribution >= 0.6 is 11.8 Å². The molecule has 6 heteroatoms. The predicted molar refractivity (Wildman–Crippen MR) is 94.3 cm³/mol. The van der Waals surface area contributed by atoms with Gasteiger partial charge in [-0.3, -0.25) is 4.79 Å². The molecule has 3 rings (SSSR count). The van der Waals surface area contributed by atoms with Gasteiger partial charge in [-0.2, -0.15) is 0 Å². The third kappa shape index (κ3) is 4.58. The number of rotatable bonds is 7. The Balaban J connectivity index is 1.36. The van der Waals surface area contributed by atoms with Crippen molar-refractivity contribution in [3.8, 4) is 0 Å². The number of amides is 1. The number of nitrogens with zero attached hydrogens (tertiary/aromatic N) is 1. The van der Waals surface area contributed by atoms with Crippen molar-refractivity contribution in [2.45, 2.75) is 24.5 Å². The average Bonchev–Trinajstić information content (AvgIpc) is 3.01. The molecule has 0 radical (unpaired) electrons. The van der Waals surface area contributed by atoms with E-state index in [1.807, 2.05) is 24.3 Å². The number of carbonyl (C=O) groups excluding carboxylic acids is 1. The zero-order chi connectivity index (χ0) is 16.8. The topological polar surface area (TPSA) is 57.8 Å². The number of hydrogen-bond acceptors (Lipinski definition) is 3. The number of aromatic nitrogens is 2. The molecule has 0 aliphatic carbocycles. The van der Waals surface area contributed by atoms with Crippen LogP contribution in [0.25, 0.3) is 11.0 Å². The molecule has 2 aromatic carbocycles. The summed E-state index contributed by atoms with van der Waals surface area (Å²) in [6, 6.07) is 14.0. The van der Waals surface area contributed by atoms with Crippen LogP contribution in [-0.2, 0) is 11.3 Å².